The topological polar surface area (TPSA) is 165 Å². The van der Waals surface area contributed by atoms with Crippen LogP contribution in [0.1, 0.15) is 0 Å². The summed E-state index contributed by atoms with van der Waals surface area (Å²) in [6.07, 6.45) is 1.35. The number of benzene rings is 2. The summed E-state index contributed by atoms with van der Waals surface area (Å²) in [6.45, 7) is 0. The summed E-state index contributed by atoms with van der Waals surface area (Å²) in [6, 6.07) is 12.5. The third-order valence-electron chi connectivity index (χ3n) is 3.92. The number of amides is 2. The van der Waals surface area contributed by atoms with Crippen LogP contribution in [0.2, 0.25) is 0 Å². The Bertz CT molecular complexity index is 1120. The molecule has 30 heavy (non-hydrogen) atoms. The Labute approximate surface area is 180 Å². The lowest BCUT2D eigenvalue weighted by Crippen LogP contribution is -2.19. The van der Waals surface area contributed by atoms with Crippen molar-refractivity contribution >= 4 is 58.1 Å². The van der Waals surface area contributed by atoms with E-state index in [1.807, 2.05) is 12.1 Å². The zero-order chi connectivity index (χ0) is 21.5. The van der Waals surface area contributed by atoms with Gasteiger partial charge in [0.05, 0.1) is 11.0 Å². The molecule has 1 aromatic heterocycles. The Morgan fingerprint density at radius 3 is 2.43 bits per heavy atom. The predicted octanol–water partition coefficient (Wildman–Crippen LogP) is 2.63. The molecule has 0 bridgehead atoms. The molecule has 0 aliphatic heterocycles. The first-order chi connectivity index (χ1) is 14.5. The summed E-state index contributed by atoms with van der Waals surface area (Å²) < 4.78 is 0. The molecule has 0 fully saturated rings. The van der Waals surface area contributed by atoms with E-state index in [0.717, 1.165) is 40.5 Å². The average Bonchev–Trinajstić information content (AvgIpc) is 3.16. The molecule has 9 nitrogen and oxygen atoms in total. The van der Waals surface area contributed by atoms with Crippen molar-refractivity contribution in [3.8, 4) is 11.4 Å². The molecule has 0 aliphatic rings. The minimum Gasteiger partial charge on any atom is -0.394 e. The number of nitrogens with one attached hydrogen (secondary N) is 3. The number of carbonyl (C=O) groups is 2. The first-order valence-corrected chi connectivity index (χ1v) is 10.4. The van der Waals surface area contributed by atoms with Crippen molar-refractivity contribution in [3.05, 3.63) is 65.1 Å². The molecule has 3 aromatic rings. The zero-order valence-corrected chi connectivity index (χ0v) is 17.2. The monoisotopic (exact) mass is 441 g/mol. The number of anilines is 2. The van der Waals surface area contributed by atoms with Crippen LogP contribution in [-0.4, -0.2) is 21.8 Å². The number of nitrogens with two attached hydrogens (primary N) is 3. The number of rotatable bonds is 7. The van der Waals surface area contributed by atoms with E-state index in [-0.39, 0.29) is 11.6 Å². The van der Waals surface area contributed by atoms with E-state index in [0.29, 0.717) is 17.2 Å². The number of carbonyl (C=O) groups excluding carboxylic acids is 2. The van der Waals surface area contributed by atoms with E-state index < -0.39 is 5.91 Å². The molecule has 0 aliphatic carbocycles. The van der Waals surface area contributed by atoms with E-state index >= 15 is 0 Å². The fourth-order valence-electron chi connectivity index (χ4n) is 2.55. The van der Waals surface area contributed by atoms with Crippen LogP contribution in [0.15, 0.2) is 65.1 Å². The van der Waals surface area contributed by atoms with Crippen LogP contribution < -0.4 is 26.6 Å². The van der Waals surface area contributed by atoms with Crippen molar-refractivity contribution in [1.29, 1.82) is 0 Å². The number of nitrogens with zero attached hydrogens (tertiary/aromatic N) is 1. The van der Waals surface area contributed by atoms with Crippen molar-refractivity contribution in [1.82, 2.24) is 9.97 Å². The summed E-state index contributed by atoms with van der Waals surface area (Å²) in [5.41, 5.74) is 9.21. The van der Waals surface area contributed by atoms with Crippen LogP contribution in [0.25, 0.3) is 22.4 Å². The molecule has 0 spiro atoms. The van der Waals surface area contributed by atoms with Crippen molar-refractivity contribution < 1.29 is 9.59 Å². The van der Waals surface area contributed by atoms with Gasteiger partial charge < -0.3 is 21.4 Å². The standard InChI is InChI=1S/C19H19N7O2S2/c20-14(10-30-22)19(28)24-13-5-6-15-16(9-13)26-18(25-15)11-1-3-12(4-2-11)23-17(27)7-8-29-21/h1-10H,20-22H2,(H,23,27)(H,24,28)(H,25,26)/b8-7+,14-10-. The van der Waals surface area contributed by atoms with Crippen LogP contribution in [0, 0.1) is 0 Å². The summed E-state index contributed by atoms with van der Waals surface area (Å²) in [5, 5.41) is 18.8. The SMILES string of the molecule is NS/C=C(\N)C(=O)Nc1ccc2nc(-c3ccc(NC(=O)/C=C/SN)cc3)[nH]c2c1. The zero-order valence-electron chi connectivity index (χ0n) is 15.6. The predicted molar refractivity (Wildman–Crippen MR) is 124 cm³/mol. The van der Waals surface area contributed by atoms with Gasteiger partial charge in [0.1, 0.15) is 11.5 Å². The molecule has 2 amide bonds. The van der Waals surface area contributed by atoms with E-state index in [1.54, 1.807) is 30.3 Å². The maximum Gasteiger partial charge on any atom is 0.272 e. The van der Waals surface area contributed by atoms with Gasteiger partial charge in [0.15, 0.2) is 0 Å². The first kappa shape index (κ1) is 21.5. The minimum atomic E-state index is -0.440. The fourth-order valence-corrected chi connectivity index (χ4v) is 3.01. The van der Waals surface area contributed by atoms with Gasteiger partial charge in [0.25, 0.3) is 5.91 Å². The molecule has 0 saturated heterocycles. The highest BCUT2D eigenvalue weighted by Crippen LogP contribution is 2.24. The van der Waals surface area contributed by atoms with Crippen LogP contribution >= 0.6 is 23.9 Å². The normalized spacial score (nSPS) is 11.7. The van der Waals surface area contributed by atoms with Crippen molar-refractivity contribution in [3.63, 3.8) is 0 Å². The molecule has 3 rings (SSSR count). The molecule has 2 aromatic carbocycles. The van der Waals surface area contributed by atoms with Crippen LogP contribution in [0.3, 0.4) is 0 Å². The van der Waals surface area contributed by atoms with Gasteiger partial charge in [-0.15, -0.1) is 0 Å². The number of imidazole rings is 1. The van der Waals surface area contributed by atoms with Gasteiger partial charge in [0.2, 0.25) is 5.91 Å². The lowest BCUT2D eigenvalue weighted by Gasteiger charge is -2.04. The van der Waals surface area contributed by atoms with Gasteiger partial charge in [-0.3, -0.25) is 19.9 Å². The maximum atomic E-state index is 12.0. The number of fused-ring (bicyclic) bond motifs is 1. The van der Waals surface area contributed by atoms with Crippen molar-refractivity contribution in [2.24, 2.45) is 16.0 Å². The molecular weight excluding hydrogens is 422 g/mol. The second-order valence-corrected chi connectivity index (χ2v) is 7.04. The highest BCUT2D eigenvalue weighted by Gasteiger charge is 2.09. The molecule has 0 radical (unpaired) electrons. The third kappa shape index (κ3) is 5.42. The Morgan fingerprint density at radius 2 is 1.73 bits per heavy atom. The van der Waals surface area contributed by atoms with Gasteiger partial charge in [-0.05, 0) is 47.9 Å². The van der Waals surface area contributed by atoms with Crippen molar-refractivity contribution in [2.45, 2.75) is 0 Å². The molecule has 154 valence electrons. The Hall–Kier alpha value is -3.25. The number of hydrogen-bond donors (Lipinski definition) is 6. The lowest BCUT2D eigenvalue weighted by molar-refractivity contribution is -0.113. The van der Waals surface area contributed by atoms with E-state index in [4.69, 9.17) is 16.0 Å². The summed E-state index contributed by atoms with van der Waals surface area (Å²) in [7, 11) is 0. The highest BCUT2D eigenvalue weighted by molar-refractivity contribution is 8.00. The summed E-state index contributed by atoms with van der Waals surface area (Å²) in [4.78, 5) is 31.5. The highest BCUT2D eigenvalue weighted by atomic mass is 32.2. The largest absolute Gasteiger partial charge is 0.394 e. The smallest absolute Gasteiger partial charge is 0.272 e. The van der Waals surface area contributed by atoms with E-state index in [1.165, 1.54) is 16.9 Å². The summed E-state index contributed by atoms with van der Waals surface area (Å²) >= 11 is 1.82. The number of aromatic amines is 1. The average molecular weight is 442 g/mol. The Morgan fingerprint density at radius 1 is 1.00 bits per heavy atom. The van der Waals surface area contributed by atoms with Crippen LogP contribution in [0.4, 0.5) is 11.4 Å². The number of H-pyrrole nitrogens is 1. The molecule has 0 atom stereocenters. The number of hydrogen-bond acceptors (Lipinski definition) is 8. The molecule has 9 N–H and O–H groups in total. The fraction of sp³-hybridized carbons (Fsp3) is 0. The number of aromatic nitrogens is 2. The van der Waals surface area contributed by atoms with Gasteiger partial charge >= 0.3 is 0 Å². The minimum absolute atomic E-state index is 0.0253. The quantitative estimate of drug-likeness (QED) is 0.240. The lowest BCUT2D eigenvalue weighted by atomic mass is 10.2. The van der Waals surface area contributed by atoms with Gasteiger partial charge in [0, 0.05) is 28.4 Å². The van der Waals surface area contributed by atoms with Crippen molar-refractivity contribution in [2.75, 3.05) is 10.6 Å². The maximum absolute atomic E-state index is 12.0. The first-order valence-electron chi connectivity index (χ1n) is 8.56. The van der Waals surface area contributed by atoms with E-state index in [2.05, 4.69) is 20.6 Å². The van der Waals surface area contributed by atoms with Gasteiger partial charge in [-0.1, -0.05) is 23.9 Å². The van der Waals surface area contributed by atoms with Gasteiger partial charge in [-0.2, -0.15) is 0 Å². The van der Waals surface area contributed by atoms with E-state index in [9.17, 15) is 9.59 Å². The van der Waals surface area contributed by atoms with Crippen LogP contribution in [0.5, 0.6) is 0 Å². The van der Waals surface area contributed by atoms with Crippen LogP contribution in [-0.2, 0) is 9.59 Å². The second kappa shape index (κ2) is 9.98. The molecule has 11 heteroatoms. The van der Waals surface area contributed by atoms with Gasteiger partial charge in [-0.25, -0.2) is 4.98 Å². The second-order valence-electron chi connectivity index (χ2n) is 5.99. The third-order valence-corrected chi connectivity index (χ3v) is 4.60. The molecule has 0 saturated carbocycles. The Kier molecular flexibility index (Phi) is 7.14. The Balaban J connectivity index is 1.75. The summed E-state index contributed by atoms with van der Waals surface area (Å²) in [5.74, 6) is -0.0474. The molecular formula is C19H19N7O2S2. The molecule has 1 heterocycles. The molecule has 0 unspecified atom stereocenters.